The zero-order valence-corrected chi connectivity index (χ0v) is 12.2. The van der Waals surface area contributed by atoms with E-state index in [2.05, 4.69) is 15.1 Å². The Hall–Kier alpha value is -0.650. The van der Waals surface area contributed by atoms with Gasteiger partial charge in [-0.2, -0.15) is 0 Å². The minimum absolute atomic E-state index is 0.0281. The summed E-state index contributed by atoms with van der Waals surface area (Å²) < 4.78 is 0. The molecule has 0 aromatic heterocycles. The van der Waals surface area contributed by atoms with Crippen LogP contribution in [0.1, 0.15) is 27.2 Å². The summed E-state index contributed by atoms with van der Waals surface area (Å²) in [6.45, 7) is 7.76. The molecule has 0 radical (unpaired) electrons. The van der Waals surface area contributed by atoms with Crippen LogP contribution >= 0.6 is 0 Å². The zero-order chi connectivity index (χ0) is 13.9. The zero-order valence-electron chi connectivity index (χ0n) is 12.2. The fourth-order valence-electron chi connectivity index (χ4n) is 2.40. The van der Waals surface area contributed by atoms with Crippen LogP contribution < -0.4 is 5.32 Å². The molecule has 0 aliphatic carbocycles. The summed E-state index contributed by atoms with van der Waals surface area (Å²) in [6, 6.07) is 0.265. The molecule has 1 aliphatic rings. The summed E-state index contributed by atoms with van der Waals surface area (Å²) in [5.41, 5.74) is -0.202. The fourth-order valence-corrected chi connectivity index (χ4v) is 2.40. The van der Waals surface area contributed by atoms with Crippen molar-refractivity contribution < 1.29 is 9.90 Å². The predicted octanol–water partition coefficient (Wildman–Crippen LogP) is -0.102. The van der Waals surface area contributed by atoms with Crippen molar-refractivity contribution in [2.75, 3.05) is 33.7 Å². The van der Waals surface area contributed by atoms with Gasteiger partial charge >= 0.3 is 0 Å². The Labute approximate surface area is 110 Å². The Balaban J connectivity index is 2.51. The van der Waals surface area contributed by atoms with Gasteiger partial charge in [-0.15, -0.1) is 0 Å². The molecule has 2 N–H and O–H groups in total. The molecule has 1 rings (SSSR count). The monoisotopic (exact) mass is 257 g/mol. The highest BCUT2D eigenvalue weighted by Gasteiger charge is 2.32. The number of carbonyl (C=O) groups excluding carboxylic acids is 1. The summed E-state index contributed by atoms with van der Waals surface area (Å²) in [7, 11) is 4.02. The van der Waals surface area contributed by atoms with E-state index in [1.54, 1.807) is 0 Å². The number of carbonyl (C=O) groups is 1. The van der Waals surface area contributed by atoms with E-state index in [4.69, 9.17) is 0 Å². The highest BCUT2D eigenvalue weighted by molar-refractivity contribution is 5.78. The van der Waals surface area contributed by atoms with Gasteiger partial charge in [0.05, 0.1) is 12.6 Å². The Morgan fingerprint density at radius 1 is 1.44 bits per heavy atom. The van der Waals surface area contributed by atoms with Crippen LogP contribution in [0.4, 0.5) is 0 Å². The van der Waals surface area contributed by atoms with Crippen LogP contribution in [0, 0.1) is 0 Å². The number of amides is 1. The number of likely N-dealkylation sites (N-methyl/N-ethyl adjacent to an activating group) is 1. The molecule has 5 nitrogen and oxygen atoms in total. The van der Waals surface area contributed by atoms with Gasteiger partial charge in [0, 0.05) is 24.7 Å². The van der Waals surface area contributed by atoms with Gasteiger partial charge in [-0.1, -0.05) is 0 Å². The van der Waals surface area contributed by atoms with Crippen LogP contribution in [-0.4, -0.2) is 72.2 Å². The Morgan fingerprint density at radius 3 is 2.56 bits per heavy atom. The first-order valence-corrected chi connectivity index (χ1v) is 6.55. The third-order valence-electron chi connectivity index (χ3n) is 2.94. The minimum Gasteiger partial charge on any atom is -0.392 e. The maximum Gasteiger partial charge on any atom is 0.234 e. The second-order valence-corrected chi connectivity index (χ2v) is 6.53. The molecular formula is C13H27N3O2. The summed E-state index contributed by atoms with van der Waals surface area (Å²) in [5, 5.41) is 12.7. The fraction of sp³-hybridized carbons (Fsp3) is 0.923. The first-order chi connectivity index (χ1) is 8.17. The van der Waals surface area contributed by atoms with Crippen molar-refractivity contribution >= 4 is 5.91 Å². The molecule has 1 aliphatic heterocycles. The number of nitrogens with zero attached hydrogens (tertiary/aromatic N) is 2. The van der Waals surface area contributed by atoms with E-state index in [0.717, 1.165) is 13.0 Å². The van der Waals surface area contributed by atoms with Crippen LogP contribution in [0.5, 0.6) is 0 Å². The van der Waals surface area contributed by atoms with Gasteiger partial charge in [-0.3, -0.25) is 9.69 Å². The Bertz CT molecular complexity index is 286. The van der Waals surface area contributed by atoms with Gasteiger partial charge in [0.15, 0.2) is 0 Å². The second-order valence-electron chi connectivity index (χ2n) is 6.53. The molecule has 0 aromatic rings. The molecule has 5 heteroatoms. The number of likely N-dealkylation sites (tertiary alicyclic amines) is 1. The average molecular weight is 257 g/mol. The lowest BCUT2D eigenvalue weighted by atomic mass is 10.1. The number of aliphatic hydroxyl groups is 1. The van der Waals surface area contributed by atoms with E-state index in [1.165, 1.54) is 0 Å². The van der Waals surface area contributed by atoms with Crippen molar-refractivity contribution in [2.24, 2.45) is 0 Å². The molecule has 106 valence electrons. The minimum atomic E-state index is -0.308. The lowest BCUT2D eigenvalue weighted by Gasteiger charge is -2.28. The lowest BCUT2D eigenvalue weighted by Crippen LogP contribution is -2.48. The summed E-state index contributed by atoms with van der Waals surface area (Å²) in [5.74, 6) is 0.0281. The molecule has 2 atom stereocenters. The second kappa shape index (κ2) is 5.99. The third kappa shape index (κ3) is 5.33. The van der Waals surface area contributed by atoms with Crippen LogP contribution in [-0.2, 0) is 4.79 Å². The maximum atomic E-state index is 11.9. The van der Waals surface area contributed by atoms with Crippen molar-refractivity contribution in [3.05, 3.63) is 0 Å². The molecule has 1 amide bonds. The van der Waals surface area contributed by atoms with Crippen molar-refractivity contribution in [3.8, 4) is 0 Å². The quantitative estimate of drug-likeness (QED) is 0.738. The largest absolute Gasteiger partial charge is 0.392 e. The smallest absolute Gasteiger partial charge is 0.234 e. The molecule has 0 spiro atoms. The first kappa shape index (κ1) is 15.4. The molecule has 1 fully saturated rings. The SMILES string of the molecule is CN(C)CC1CC(O)CN1CC(=O)NC(C)(C)C. The molecular weight excluding hydrogens is 230 g/mol. The van der Waals surface area contributed by atoms with E-state index in [9.17, 15) is 9.90 Å². The Morgan fingerprint density at radius 2 is 2.06 bits per heavy atom. The molecule has 0 bridgehead atoms. The summed E-state index contributed by atoms with van der Waals surface area (Å²) in [4.78, 5) is 16.1. The summed E-state index contributed by atoms with van der Waals surface area (Å²) >= 11 is 0. The standard InChI is InChI=1S/C13H27N3O2/c1-13(2,3)14-12(18)9-16-8-11(17)6-10(16)7-15(4)5/h10-11,17H,6-9H2,1-5H3,(H,14,18). The predicted molar refractivity (Wildman–Crippen MR) is 72.4 cm³/mol. The molecule has 1 heterocycles. The van der Waals surface area contributed by atoms with Gasteiger partial charge in [0.1, 0.15) is 0 Å². The van der Waals surface area contributed by atoms with E-state index in [1.807, 2.05) is 34.9 Å². The van der Waals surface area contributed by atoms with Crippen molar-refractivity contribution in [1.29, 1.82) is 0 Å². The number of aliphatic hydroxyl groups excluding tert-OH is 1. The summed E-state index contributed by atoms with van der Waals surface area (Å²) in [6.07, 6.45) is 0.443. The normalized spacial score (nSPS) is 25.7. The van der Waals surface area contributed by atoms with Crippen molar-refractivity contribution in [2.45, 2.75) is 44.9 Å². The van der Waals surface area contributed by atoms with Gasteiger partial charge in [0.25, 0.3) is 0 Å². The Kier molecular flexibility index (Phi) is 5.13. The van der Waals surface area contributed by atoms with Crippen molar-refractivity contribution in [1.82, 2.24) is 15.1 Å². The van der Waals surface area contributed by atoms with Gasteiger partial charge < -0.3 is 15.3 Å². The van der Waals surface area contributed by atoms with Gasteiger partial charge in [0.2, 0.25) is 5.91 Å². The molecule has 0 aromatic carbocycles. The average Bonchev–Trinajstić information content (AvgIpc) is 2.41. The third-order valence-corrected chi connectivity index (χ3v) is 2.94. The van der Waals surface area contributed by atoms with Gasteiger partial charge in [-0.25, -0.2) is 0 Å². The lowest BCUT2D eigenvalue weighted by molar-refractivity contribution is -0.124. The van der Waals surface area contributed by atoms with E-state index >= 15 is 0 Å². The number of hydrogen-bond acceptors (Lipinski definition) is 4. The molecule has 18 heavy (non-hydrogen) atoms. The highest BCUT2D eigenvalue weighted by atomic mass is 16.3. The molecule has 2 unspecified atom stereocenters. The highest BCUT2D eigenvalue weighted by Crippen LogP contribution is 2.18. The van der Waals surface area contributed by atoms with E-state index < -0.39 is 0 Å². The molecule has 0 saturated carbocycles. The number of hydrogen-bond donors (Lipinski definition) is 2. The molecule has 1 saturated heterocycles. The number of β-amino-alcohol motifs (C(OH)–C–C–N with tert-alkyl or cyclic N) is 1. The topological polar surface area (TPSA) is 55.8 Å². The van der Waals surface area contributed by atoms with Crippen LogP contribution in [0.25, 0.3) is 0 Å². The maximum absolute atomic E-state index is 11.9. The van der Waals surface area contributed by atoms with Crippen LogP contribution in [0.3, 0.4) is 0 Å². The van der Waals surface area contributed by atoms with Gasteiger partial charge in [-0.05, 0) is 41.3 Å². The van der Waals surface area contributed by atoms with Crippen LogP contribution in [0.15, 0.2) is 0 Å². The van der Waals surface area contributed by atoms with Crippen LogP contribution in [0.2, 0.25) is 0 Å². The van der Waals surface area contributed by atoms with E-state index in [-0.39, 0.29) is 23.6 Å². The van der Waals surface area contributed by atoms with E-state index in [0.29, 0.717) is 13.1 Å². The number of nitrogens with one attached hydrogen (secondary N) is 1. The van der Waals surface area contributed by atoms with Crippen molar-refractivity contribution in [3.63, 3.8) is 0 Å². The first-order valence-electron chi connectivity index (χ1n) is 6.55. The number of rotatable bonds is 4.